The number of rotatable bonds is 5. The summed E-state index contributed by atoms with van der Waals surface area (Å²) in [4.78, 5) is 4.28. The maximum atomic E-state index is 12.9. The number of benzene rings is 1. The molecule has 0 amide bonds. The van der Waals surface area contributed by atoms with Crippen molar-refractivity contribution in [3.8, 4) is 11.4 Å². The fourth-order valence-electron chi connectivity index (χ4n) is 1.49. The van der Waals surface area contributed by atoms with Crippen LogP contribution in [0.4, 0.5) is 4.39 Å². The molecule has 0 aliphatic heterocycles. The van der Waals surface area contributed by atoms with Crippen molar-refractivity contribution in [2.24, 2.45) is 0 Å². The summed E-state index contributed by atoms with van der Waals surface area (Å²) in [6, 6.07) is 5.97. The molecule has 1 aromatic carbocycles. The van der Waals surface area contributed by atoms with Crippen molar-refractivity contribution >= 4 is 34.9 Å². The van der Waals surface area contributed by atoms with E-state index in [4.69, 9.17) is 4.52 Å². The van der Waals surface area contributed by atoms with Crippen LogP contribution in [0.5, 0.6) is 0 Å². The average molecular weight is 340 g/mol. The Hall–Kier alpha value is -1.45. The molecular weight excluding hydrogens is 331 g/mol. The van der Waals surface area contributed by atoms with Crippen LogP contribution >= 0.6 is 34.9 Å². The molecule has 0 saturated carbocycles. The highest BCUT2D eigenvalue weighted by Crippen LogP contribution is 2.29. The van der Waals surface area contributed by atoms with E-state index in [1.54, 1.807) is 23.9 Å². The first-order chi connectivity index (χ1) is 10.2. The summed E-state index contributed by atoms with van der Waals surface area (Å²) in [6.07, 6.45) is 1.96. The Labute approximate surface area is 132 Å². The average Bonchev–Trinajstić information content (AvgIpc) is 3.15. The molecule has 0 spiro atoms. The van der Waals surface area contributed by atoms with E-state index < -0.39 is 0 Å². The zero-order chi connectivity index (χ0) is 14.7. The molecule has 2 aromatic heterocycles. The summed E-state index contributed by atoms with van der Waals surface area (Å²) in [5.41, 5.74) is 0.719. The Balaban J connectivity index is 1.66. The topological polar surface area (TPSA) is 64.7 Å². The molecule has 9 heteroatoms. The Bertz CT molecular complexity index is 728. The number of halogens is 1. The maximum Gasteiger partial charge on any atom is 0.237 e. The van der Waals surface area contributed by atoms with Gasteiger partial charge in [0.1, 0.15) is 5.82 Å². The first-order valence-corrected chi connectivity index (χ1v) is 8.86. The van der Waals surface area contributed by atoms with E-state index >= 15 is 0 Å². The molecule has 0 unspecified atom stereocenters. The van der Waals surface area contributed by atoms with Crippen LogP contribution in [0.3, 0.4) is 0 Å². The fourth-order valence-corrected chi connectivity index (χ4v) is 3.77. The van der Waals surface area contributed by atoms with Gasteiger partial charge in [0.15, 0.2) is 8.68 Å². The number of thioether (sulfide) groups is 2. The minimum Gasteiger partial charge on any atom is -0.338 e. The van der Waals surface area contributed by atoms with Gasteiger partial charge < -0.3 is 4.52 Å². The van der Waals surface area contributed by atoms with Gasteiger partial charge in [0, 0.05) is 5.56 Å². The number of hydrogen-bond donors (Lipinski definition) is 0. The van der Waals surface area contributed by atoms with Crippen molar-refractivity contribution in [2.45, 2.75) is 14.4 Å². The largest absolute Gasteiger partial charge is 0.338 e. The Morgan fingerprint density at radius 2 is 1.95 bits per heavy atom. The molecule has 0 radical (unpaired) electrons. The molecule has 3 aromatic rings. The second-order valence-corrected chi connectivity index (χ2v) is 7.10. The molecule has 2 heterocycles. The van der Waals surface area contributed by atoms with Crippen molar-refractivity contribution in [1.82, 2.24) is 20.3 Å². The second-order valence-electron chi connectivity index (χ2n) is 3.85. The minimum atomic E-state index is -0.293. The zero-order valence-electron chi connectivity index (χ0n) is 10.8. The summed E-state index contributed by atoms with van der Waals surface area (Å²) in [6.45, 7) is 0. The monoisotopic (exact) mass is 340 g/mol. The van der Waals surface area contributed by atoms with Gasteiger partial charge in [-0.2, -0.15) is 4.98 Å². The van der Waals surface area contributed by atoms with Crippen molar-refractivity contribution < 1.29 is 8.91 Å². The lowest BCUT2D eigenvalue weighted by Crippen LogP contribution is -1.83. The first-order valence-electron chi connectivity index (χ1n) is 5.83. The van der Waals surface area contributed by atoms with E-state index in [0.29, 0.717) is 17.5 Å². The molecule has 0 aliphatic rings. The zero-order valence-corrected chi connectivity index (χ0v) is 13.3. The molecule has 108 valence electrons. The van der Waals surface area contributed by atoms with Gasteiger partial charge in [-0.25, -0.2) is 4.39 Å². The molecule has 0 aliphatic carbocycles. The number of hydrogen-bond acceptors (Lipinski definition) is 8. The van der Waals surface area contributed by atoms with Crippen LogP contribution in [-0.4, -0.2) is 26.6 Å². The van der Waals surface area contributed by atoms with Gasteiger partial charge in [0.05, 0.1) is 5.75 Å². The molecule has 0 bridgehead atoms. The summed E-state index contributed by atoms with van der Waals surface area (Å²) in [5.74, 6) is 1.18. The van der Waals surface area contributed by atoms with Crippen LogP contribution in [0, 0.1) is 5.82 Å². The van der Waals surface area contributed by atoms with Crippen LogP contribution in [-0.2, 0) is 5.75 Å². The highest BCUT2D eigenvalue weighted by atomic mass is 32.2. The van der Waals surface area contributed by atoms with E-state index in [1.807, 2.05) is 6.26 Å². The fraction of sp³-hybridized carbons (Fsp3) is 0.167. The second kappa shape index (κ2) is 6.54. The quantitative estimate of drug-likeness (QED) is 0.655. The Morgan fingerprint density at radius 3 is 2.67 bits per heavy atom. The van der Waals surface area contributed by atoms with Crippen LogP contribution in [0.25, 0.3) is 11.4 Å². The summed E-state index contributed by atoms with van der Waals surface area (Å²) in [7, 11) is 0. The van der Waals surface area contributed by atoms with Gasteiger partial charge in [0.2, 0.25) is 11.7 Å². The Morgan fingerprint density at radius 1 is 1.19 bits per heavy atom. The van der Waals surface area contributed by atoms with Gasteiger partial charge in [-0.05, 0) is 30.5 Å². The van der Waals surface area contributed by atoms with E-state index in [-0.39, 0.29) is 5.82 Å². The maximum absolute atomic E-state index is 12.9. The molecule has 21 heavy (non-hydrogen) atoms. The van der Waals surface area contributed by atoms with Crippen LogP contribution in [0.1, 0.15) is 5.89 Å². The van der Waals surface area contributed by atoms with E-state index in [2.05, 4.69) is 20.3 Å². The number of aromatic nitrogens is 4. The van der Waals surface area contributed by atoms with Crippen LogP contribution < -0.4 is 0 Å². The lowest BCUT2D eigenvalue weighted by molar-refractivity contribution is 0.391. The lowest BCUT2D eigenvalue weighted by atomic mass is 10.2. The summed E-state index contributed by atoms with van der Waals surface area (Å²) >= 11 is 4.59. The smallest absolute Gasteiger partial charge is 0.237 e. The molecule has 0 atom stereocenters. The molecular formula is C12H9FN4OS3. The van der Waals surface area contributed by atoms with Gasteiger partial charge in [-0.3, -0.25) is 0 Å². The molecule has 5 nitrogen and oxygen atoms in total. The van der Waals surface area contributed by atoms with Crippen molar-refractivity contribution in [3.05, 3.63) is 36.0 Å². The third-order valence-electron chi connectivity index (χ3n) is 2.45. The van der Waals surface area contributed by atoms with Crippen LogP contribution in [0.2, 0.25) is 0 Å². The predicted octanol–water partition coefficient (Wildman–Crippen LogP) is 3.74. The molecule has 0 saturated heterocycles. The van der Waals surface area contributed by atoms with Crippen molar-refractivity contribution in [2.75, 3.05) is 6.26 Å². The van der Waals surface area contributed by atoms with Gasteiger partial charge in [-0.1, -0.05) is 40.0 Å². The SMILES string of the molecule is CSc1nnc(SCc2nc(-c3ccc(F)cc3)no2)s1. The molecule has 0 fully saturated rings. The highest BCUT2D eigenvalue weighted by Gasteiger charge is 2.11. The van der Waals surface area contributed by atoms with Gasteiger partial charge >= 0.3 is 0 Å². The normalized spacial score (nSPS) is 11.0. The third kappa shape index (κ3) is 3.60. The number of nitrogens with zero attached hydrogens (tertiary/aromatic N) is 4. The highest BCUT2D eigenvalue weighted by molar-refractivity contribution is 8.02. The summed E-state index contributed by atoms with van der Waals surface area (Å²) < 4.78 is 19.8. The van der Waals surface area contributed by atoms with Crippen molar-refractivity contribution in [3.63, 3.8) is 0 Å². The minimum absolute atomic E-state index is 0.293. The van der Waals surface area contributed by atoms with E-state index in [1.165, 1.54) is 35.2 Å². The van der Waals surface area contributed by atoms with Gasteiger partial charge in [-0.15, -0.1) is 10.2 Å². The van der Waals surface area contributed by atoms with E-state index in [0.717, 1.165) is 14.2 Å². The Kier molecular flexibility index (Phi) is 4.51. The molecule has 0 N–H and O–H groups in total. The molecule has 3 rings (SSSR count). The third-order valence-corrected chi connectivity index (χ3v) is 5.47. The van der Waals surface area contributed by atoms with E-state index in [9.17, 15) is 4.39 Å². The summed E-state index contributed by atoms with van der Waals surface area (Å²) in [5, 5.41) is 12.0. The first kappa shape index (κ1) is 14.5. The van der Waals surface area contributed by atoms with Crippen LogP contribution in [0.15, 0.2) is 37.5 Å². The standard InChI is InChI=1S/C12H9FN4OS3/c1-19-11-15-16-12(21-11)20-6-9-14-10(17-18-9)7-2-4-8(13)5-3-7/h2-5H,6H2,1H3. The van der Waals surface area contributed by atoms with Crippen molar-refractivity contribution in [1.29, 1.82) is 0 Å². The van der Waals surface area contributed by atoms with Gasteiger partial charge in [0.25, 0.3) is 0 Å². The lowest BCUT2D eigenvalue weighted by Gasteiger charge is -1.92. The predicted molar refractivity (Wildman–Crippen MR) is 80.9 cm³/mol.